The number of hydrogen-bond donors (Lipinski definition) is 0. The lowest BCUT2D eigenvalue weighted by atomic mass is 9.98. The van der Waals surface area contributed by atoms with E-state index in [4.69, 9.17) is 9.26 Å². The molecule has 0 saturated carbocycles. The van der Waals surface area contributed by atoms with Crippen molar-refractivity contribution < 1.29 is 27.2 Å². The molecule has 0 amide bonds. The number of rotatable bonds is 4. The highest BCUT2D eigenvalue weighted by molar-refractivity contribution is 5.91. The third-order valence-corrected chi connectivity index (χ3v) is 3.80. The predicted octanol–water partition coefficient (Wildman–Crippen LogP) is 2.72. The molecule has 1 aliphatic heterocycles. The van der Waals surface area contributed by atoms with E-state index in [-0.39, 0.29) is 12.5 Å². The Hall–Kier alpha value is -1.57. The van der Waals surface area contributed by atoms with Crippen LogP contribution in [-0.4, -0.2) is 48.4 Å². The molecule has 0 atom stereocenters. The molecule has 1 aliphatic rings. The van der Waals surface area contributed by atoms with Gasteiger partial charge in [0.25, 0.3) is 0 Å². The zero-order valence-electron chi connectivity index (χ0n) is 12.6. The molecule has 0 N–H and O–H groups in total. The van der Waals surface area contributed by atoms with Gasteiger partial charge in [0, 0.05) is 0 Å². The Kier molecular flexibility index (Phi) is 5.10. The summed E-state index contributed by atoms with van der Waals surface area (Å²) >= 11 is 0. The summed E-state index contributed by atoms with van der Waals surface area (Å²) in [4.78, 5) is 13.3. The van der Waals surface area contributed by atoms with Gasteiger partial charge >= 0.3 is 12.1 Å². The van der Waals surface area contributed by atoms with Gasteiger partial charge < -0.3 is 9.26 Å². The van der Waals surface area contributed by atoms with Gasteiger partial charge in [-0.25, -0.2) is 4.79 Å². The number of carbonyl (C=O) groups is 1. The Bertz CT molecular complexity index is 500. The van der Waals surface area contributed by atoms with Crippen LogP contribution in [0.2, 0.25) is 0 Å². The fourth-order valence-electron chi connectivity index (χ4n) is 2.60. The fourth-order valence-corrected chi connectivity index (χ4v) is 2.60. The number of halogens is 3. The highest BCUT2D eigenvalue weighted by Crippen LogP contribution is 2.23. The van der Waals surface area contributed by atoms with Crippen LogP contribution >= 0.6 is 0 Å². The molecule has 0 unspecified atom stereocenters. The van der Waals surface area contributed by atoms with Crippen molar-refractivity contribution in [1.82, 2.24) is 10.1 Å². The van der Waals surface area contributed by atoms with Gasteiger partial charge in [0.2, 0.25) is 0 Å². The number of esters is 1. The van der Waals surface area contributed by atoms with Gasteiger partial charge in [-0.2, -0.15) is 13.2 Å². The molecule has 0 bridgehead atoms. The first kappa shape index (κ1) is 16.8. The van der Waals surface area contributed by atoms with Gasteiger partial charge in [0.15, 0.2) is 0 Å². The van der Waals surface area contributed by atoms with Gasteiger partial charge in [0.1, 0.15) is 11.3 Å². The number of carbonyl (C=O) groups excluding carboxylic acids is 1. The molecule has 2 rings (SSSR count). The van der Waals surface area contributed by atoms with Crippen molar-refractivity contribution in [2.75, 3.05) is 26.2 Å². The van der Waals surface area contributed by atoms with Crippen LogP contribution in [0.25, 0.3) is 0 Å². The molecule has 1 saturated heterocycles. The van der Waals surface area contributed by atoms with Crippen molar-refractivity contribution in [3.05, 3.63) is 17.0 Å². The lowest BCUT2D eigenvalue weighted by Gasteiger charge is -2.31. The summed E-state index contributed by atoms with van der Waals surface area (Å²) in [6, 6.07) is 0. The van der Waals surface area contributed by atoms with Crippen LogP contribution in [0.3, 0.4) is 0 Å². The monoisotopic (exact) mass is 320 g/mol. The van der Waals surface area contributed by atoms with Gasteiger partial charge in [-0.05, 0) is 45.7 Å². The number of ether oxygens (including phenoxy) is 1. The molecule has 1 aromatic rings. The van der Waals surface area contributed by atoms with Crippen molar-refractivity contribution in [2.45, 2.75) is 32.9 Å². The predicted molar refractivity (Wildman–Crippen MR) is 71.5 cm³/mol. The fraction of sp³-hybridized carbons (Fsp3) is 0.714. The first-order valence-corrected chi connectivity index (χ1v) is 7.15. The topological polar surface area (TPSA) is 55.6 Å². The average Bonchev–Trinajstić information content (AvgIpc) is 2.75. The summed E-state index contributed by atoms with van der Waals surface area (Å²) in [7, 11) is 0. The van der Waals surface area contributed by atoms with Gasteiger partial charge in [-0.15, -0.1) is 0 Å². The molecule has 0 aliphatic carbocycles. The van der Waals surface area contributed by atoms with Crippen LogP contribution in [0.5, 0.6) is 0 Å². The third-order valence-electron chi connectivity index (χ3n) is 3.80. The summed E-state index contributed by atoms with van der Waals surface area (Å²) in [5.41, 5.74) is 0.803. The first-order valence-electron chi connectivity index (χ1n) is 7.15. The van der Waals surface area contributed by atoms with Gasteiger partial charge in [0.05, 0.1) is 18.8 Å². The molecule has 22 heavy (non-hydrogen) atoms. The molecule has 1 aromatic heterocycles. The normalized spacial score (nSPS) is 17.7. The van der Waals surface area contributed by atoms with Crippen molar-refractivity contribution in [1.29, 1.82) is 0 Å². The second-order valence-electron chi connectivity index (χ2n) is 5.63. The molecule has 0 spiro atoms. The van der Waals surface area contributed by atoms with Crippen LogP contribution < -0.4 is 0 Å². The maximum absolute atomic E-state index is 12.3. The quantitative estimate of drug-likeness (QED) is 0.799. The molecular formula is C14H19F3N2O3. The molecule has 8 heteroatoms. The summed E-state index contributed by atoms with van der Waals surface area (Å²) in [6.45, 7) is 3.36. The van der Waals surface area contributed by atoms with Crippen LogP contribution in [0.15, 0.2) is 4.52 Å². The Labute approximate surface area is 126 Å². The zero-order chi connectivity index (χ0) is 16.3. The minimum Gasteiger partial charge on any atom is -0.462 e. The smallest absolute Gasteiger partial charge is 0.401 e. The SMILES string of the molecule is Cc1noc(C)c1C(=O)OCC1CCN(CC(F)(F)F)CC1. The maximum atomic E-state index is 12.3. The number of piperidine rings is 1. The second-order valence-corrected chi connectivity index (χ2v) is 5.63. The van der Waals surface area contributed by atoms with E-state index in [2.05, 4.69) is 5.16 Å². The molecule has 1 fully saturated rings. The minimum atomic E-state index is -4.16. The Morgan fingerprint density at radius 3 is 2.50 bits per heavy atom. The molecule has 2 heterocycles. The van der Waals surface area contributed by atoms with Crippen LogP contribution in [0.1, 0.15) is 34.7 Å². The summed E-state index contributed by atoms with van der Waals surface area (Å²) < 4.78 is 47.0. The largest absolute Gasteiger partial charge is 0.462 e. The van der Waals surface area contributed by atoms with Crippen molar-refractivity contribution in [3.8, 4) is 0 Å². The van der Waals surface area contributed by atoms with E-state index in [1.165, 1.54) is 4.90 Å². The lowest BCUT2D eigenvalue weighted by molar-refractivity contribution is -0.148. The standard InChI is InChI=1S/C14H19F3N2O3/c1-9-12(10(2)22-18-9)13(20)21-7-11-3-5-19(6-4-11)8-14(15,16)17/h11H,3-8H2,1-2H3. The highest BCUT2D eigenvalue weighted by atomic mass is 19.4. The molecule has 124 valence electrons. The van der Waals surface area contributed by atoms with Crippen molar-refractivity contribution >= 4 is 5.97 Å². The molecule has 0 aromatic carbocycles. The van der Waals surface area contributed by atoms with Crippen molar-refractivity contribution in [3.63, 3.8) is 0 Å². The van der Waals surface area contributed by atoms with Gasteiger partial charge in [-0.1, -0.05) is 5.16 Å². The Morgan fingerprint density at radius 1 is 1.36 bits per heavy atom. The van der Waals surface area contributed by atoms with Crippen LogP contribution in [-0.2, 0) is 4.74 Å². The maximum Gasteiger partial charge on any atom is 0.401 e. The van der Waals surface area contributed by atoms with E-state index in [0.29, 0.717) is 42.9 Å². The van der Waals surface area contributed by atoms with E-state index in [9.17, 15) is 18.0 Å². The number of likely N-dealkylation sites (tertiary alicyclic amines) is 1. The number of hydrogen-bond acceptors (Lipinski definition) is 5. The summed E-state index contributed by atoms with van der Waals surface area (Å²) in [5, 5.41) is 3.69. The van der Waals surface area contributed by atoms with E-state index in [1.807, 2.05) is 0 Å². The van der Waals surface area contributed by atoms with Crippen LogP contribution in [0.4, 0.5) is 13.2 Å². The Balaban J connectivity index is 1.76. The molecule has 0 radical (unpaired) electrons. The average molecular weight is 320 g/mol. The Morgan fingerprint density at radius 2 is 2.00 bits per heavy atom. The number of nitrogens with zero attached hydrogens (tertiary/aromatic N) is 2. The molecule has 5 nitrogen and oxygen atoms in total. The minimum absolute atomic E-state index is 0.0916. The summed E-state index contributed by atoms with van der Waals surface area (Å²) in [5.74, 6) is 0.00498. The zero-order valence-corrected chi connectivity index (χ0v) is 12.6. The van der Waals surface area contributed by atoms with Crippen LogP contribution in [0, 0.1) is 19.8 Å². The second kappa shape index (κ2) is 6.68. The first-order chi connectivity index (χ1) is 10.3. The van der Waals surface area contributed by atoms with E-state index in [1.54, 1.807) is 13.8 Å². The number of alkyl halides is 3. The lowest BCUT2D eigenvalue weighted by Crippen LogP contribution is -2.40. The number of aromatic nitrogens is 1. The third kappa shape index (κ3) is 4.46. The van der Waals surface area contributed by atoms with E-state index >= 15 is 0 Å². The van der Waals surface area contributed by atoms with E-state index in [0.717, 1.165) is 0 Å². The molecular weight excluding hydrogens is 301 g/mol. The number of aryl methyl sites for hydroxylation is 2. The highest BCUT2D eigenvalue weighted by Gasteiger charge is 2.32. The summed E-state index contributed by atoms with van der Waals surface area (Å²) in [6.07, 6.45) is -2.99. The van der Waals surface area contributed by atoms with Crippen molar-refractivity contribution in [2.24, 2.45) is 5.92 Å². The van der Waals surface area contributed by atoms with Gasteiger partial charge in [-0.3, -0.25) is 4.90 Å². The van der Waals surface area contributed by atoms with E-state index < -0.39 is 18.7 Å².